The van der Waals surface area contributed by atoms with E-state index in [1.165, 1.54) is 12.8 Å². The van der Waals surface area contributed by atoms with Gasteiger partial charge in [0.2, 0.25) is 5.95 Å². The van der Waals surface area contributed by atoms with Gasteiger partial charge in [0, 0.05) is 6.61 Å². The second kappa shape index (κ2) is 3.74. The van der Waals surface area contributed by atoms with Gasteiger partial charge >= 0.3 is 0 Å². The number of rotatable bonds is 5. The lowest BCUT2D eigenvalue weighted by Gasteiger charge is -2.01. The van der Waals surface area contributed by atoms with Crippen LogP contribution in [0.4, 0.5) is 5.95 Å². The Kier molecular flexibility index (Phi) is 2.44. The van der Waals surface area contributed by atoms with Gasteiger partial charge in [0.25, 0.3) is 0 Å². The molecule has 5 heteroatoms. The highest BCUT2D eigenvalue weighted by molar-refractivity contribution is 5.08. The molecule has 1 fully saturated rings. The predicted molar refractivity (Wildman–Crippen MR) is 48.0 cm³/mol. The number of nitrogen functional groups attached to an aromatic ring is 1. The quantitative estimate of drug-likeness (QED) is 0.664. The number of aromatic nitrogens is 3. The molecule has 1 aliphatic carbocycles. The highest BCUT2D eigenvalue weighted by Gasteiger charge is 2.20. The molecule has 13 heavy (non-hydrogen) atoms. The molecule has 0 aliphatic heterocycles. The maximum atomic E-state index is 5.44. The first-order valence-electron chi connectivity index (χ1n) is 4.57. The van der Waals surface area contributed by atoms with Gasteiger partial charge in [-0.3, -0.25) is 0 Å². The third-order valence-electron chi connectivity index (χ3n) is 2.07. The molecule has 0 spiro atoms. The van der Waals surface area contributed by atoms with Crippen molar-refractivity contribution < 1.29 is 4.74 Å². The van der Waals surface area contributed by atoms with E-state index in [-0.39, 0.29) is 0 Å². The second-order valence-corrected chi connectivity index (χ2v) is 3.38. The van der Waals surface area contributed by atoms with Crippen LogP contribution in [-0.2, 0) is 11.3 Å². The minimum absolute atomic E-state index is 0.321. The van der Waals surface area contributed by atoms with Gasteiger partial charge in [0.15, 0.2) is 0 Å². The molecular formula is C8H14N4O. The molecule has 0 aromatic carbocycles. The van der Waals surface area contributed by atoms with E-state index < -0.39 is 0 Å². The molecule has 5 nitrogen and oxygen atoms in total. The van der Waals surface area contributed by atoms with Gasteiger partial charge in [-0.05, 0) is 18.8 Å². The first-order chi connectivity index (χ1) is 6.34. The zero-order valence-electron chi connectivity index (χ0n) is 7.52. The van der Waals surface area contributed by atoms with Crippen molar-refractivity contribution in [3.8, 4) is 0 Å². The first-order valence-corrected chi connectivity index (χ1v) is 4.57. The summed E-state index contributed by atoms with van der Waals surface area (Å²) in [6, 6.07) is 0. The van der Waals surface area contributed by atoms with E-state index in [1.807, 2.05) is 0 Å². The molecule has 1 aliphatic rings. The summed E-state index contributed by atoms with van der Waals surface area (Å²) in [5, 5.41) is 3.95. The average Bonchev–Trinajstić information content (AvgIpc) is 2.84. The number of nitrogens with two attached hydrogens (primary N) is 1. The van der Waals surface area contributed by atoms with Crippen molar-refractivity contribution >= 4 is 5.95 Å². The summed E-state index contributed by atoms with van der Waals surface area (Å²) in [5.74, 6) is 1.14. The van der Waals surface area contributed by atoms with Gasteiger partial charge in [-0.2, -0.15) is 0 Å². The van der Waals surface area contributed by atoms with Crippen LogP contribution in [0.3, 0.4) is 0 Å². The minimum Gasteiger partial charge on any atom is -0.379 e. The normalized spacial score (nSPS) is 16.3. The van der Waals surface area contributed by atoms with E-state index >= 15 is 0 Å². The maximum absolute atomic E-state index is 5.44. The topological polar surface area (TPSA) is 66.0 Å². The van der Waals surface area contributed by atoms with E-state index in [2.05, 4.69) is 10.1 Å². The third-order valence-corrected chi connectivity index (χ3v) is 2.07. The van der Waals surface area contributed by atoms with Crippen molar-refractivity contribution in [1.29, 1.82) is 0 Å². The molecule has 0 amide bonds. The summed E-state index contributed by atoms with van der Waals surface area (Å²) in [4.78, 5) is 3.82. The molecule has 1 heterocycles. The minimum atomic E-state index is 0.321. The van der Waals surface area contributed by atoms with Gasteiger partial charge in [-0.1, -0.05) is 0 Å². The van der Waals surface area contributed by atoms with E-state index in [0.29, 0.717) is 12.6 Å². The standard InChI is InChI=1S/C8H14N4O/c9-8-10-6-12(11-8)3-4-13-5-7-1-2-7/h6-7H,1-5H2,(H2,9,11). The fourth-order valence-electron chi connectivity index (χ4n) is 1.11. The van der Waals surface area contributed by atoms with Crippen molar-refractivity contribution in [3.05, 3.63) is 6.33 Å². The molecule has 0 bridgehead atoms. The molecule has 72 valence electrons. The number of anilines is 1. The Balaban J connectivity index is 1.61. The molecule has 2 rings (SSSR count). The average molecular weight is 182 g/mol. The van der Waals surface area contributed by atoms with Crippen molar-refractivity contribution in [3.63, 3.8) is 0 Å². The molecular weight excluding hydrogens is 168 g/mol. The number of hydrogen-bond donors (Lipinski definition) is 1. The Morgan fingerprint density at radius 3 is 3.08 bits per heavy atom. The second-order valence-electron chi connectivity index (χ2n) is 3.38. The predicted octanol–water partition coefficient (Wildman–Crippen LogP) is 0.287. The zero-order chi connectivity index (χ0) is 9.10. The summed E-state index contributed by atoms with van der Waals surface area (Å²) in [5.41, 5.74) is 5.36. The van der Waals surface area contributed by atoms with E-state index in [9.17, 15) is 0 Å². The molecule has 0 radical (unpaired) electrons. The Bertz CT molecular complexity index is 269. The highest BCUT2D eigenvalue weighted by atomic mass is 16.5. The Labute approximate surface area is 76.9 Å². The molecule has 1 saturated carbocycles. The molecule has 2 N–H and O–H groups in total. The Morgan fingerprint density at radius 2 is 2.46 bits per heavy atom. The van der Waals surface area contributed by atoms with Crippen LogP contribution in [0.25, 0.3) is 0 Å². The smallest absolute Gasteiger partial charge is 0.239 e. The van der Waals surface area contributed by atoms with E-state index in [4.69, 9.17) is 10.5 Å². The Hall–Kier alpha value is -1.10. The van der Waals surface area contributed by atoms with Crippen LogP contribution in [0.15, 0.2) is 6.33 Å². The summed E-state index contributed by atoms with van der Waals surface area (Å²) in [6.07, 6.45) is 4.28. The third kappa shape index (κ3) is 2.69. The van der Waals surface area contributed by atoms with Crippen molar-refractivity contribution in [2.24, 2.45) is 5.92 Å². The molecule has 1 aromatic rings. The van der Waals surface area contributed by atoms with Crippen LogP contribution in [0.5, 0.6) is 0 Å². The molecule has 0 atom stereocenters. The van der Waals surface area contributed by atoms with Crippen LogP contribution in [0.1, 0.15) is 12.8 Å². The van der Waals surface area contributed by atoms with Gasteiger partial charge in [-0.15, -0.1) is 5.10 Å². The monoisotopic (exact) mass is 182 g/mol. The number of hydrogen-bond acceptors (Lipinski definition) is 4. The highest BCUT2D eigenvalue weighted by Crippen LogP contribution is 2.28. The lowest BCUT2D eigenvalue weighted by Crippen LogP contribution is -2.08. The molecule has 0 unspecified atom stereocenters. The van der Waals surface area contributed by atoms with Gasteiger partial charge in [0.05, 0.1) is 13.2 Å². The first kappa shape index (κ1) is 8.50. The SMILES string of the molecule is Nc1ncn(CCOCC2CC2)n1. The fraction of sp³-hybridized carbons (Fsp3) is 0.750. The summed E-state index contributed by atoms with van der Waals surface area (Å²) in [7, 11) is 0. The van der Waals surface area contributed by atoms with Crippen molar-refractivity contribution in [2.75, 3.05) is 18.9 Å². The number of nitrogens with zero attached hydrogens (tertiary/aromatic N) is 3. The van der Waals surface area contributed by atoms with Crippen molar-refractivity contribution in [1.82, 2.24) is 14.8 Å². The Morgan fingerprint density at radius 1 is 1.62 bits per heavy atom. The van der Waals surface area contributed by atoms with E-state index in [0.717, 1.165) is 19.1 Å². The summed E-state index contributed by atoms with van der Waals surface area (Å²) < 4.78 is 7.14. The van der Waals surface area contributed by atoms with Crippen molar-refractivity contribution in [2.45, 2.75) is 19.4 Å². The fourth-order valence-corrected chi connectivity index (χ4v) is 1.11. The van der Waals surface area contributed by atoms with Crippen LogP contribution >= 0.6 is 0 Å². The van der Waals surface area contributed by atoms with Gasteiger partial charge in [0.1, 0.15) is 6.33 Å². The molecule has 1 aromatic heterocycles. The van der Waals surface area contributed by atoms with Gasteiger partial charge < -0.3 is 10.5 Å². The summed E-state index contributed by atoms with van der Waals surface area (Å²) >= 11 is 0. The largest absolute Gasteiger partial charge is 0.379 e. The van der Waals surface area contributed by atoms with Crippen LogP contribution in [-0.4, -0.2) is 28.0 Å². The summed E-state index contributed by atoms with van der Waals surface area (Å²) in [6.45, 7) is 2.32. The van der Waals surface area contributed by atoms with Crippen LogP contribution in [0, 0.1) is 5.92 Å². The zero-order valence-corrected chi connectivity index (χ0v) is 7.52. The van der Waals surface area contributed by atoms with Crippen LogP contribution in [0.2, 0.25) is 0 Å². The lowest BCUT2D eigenvalue weighted by molar-refractivity contribution is 0.114. The lowest BCUT2D eigenvalue weighted by atomic mass is 10.5. The maximum Gasteiger partial charge on any atom is 0.239 e. The van der Waals surface area contributed by atoms with Gasteiger partial charge in [-0.25, -0.2) is 9.67 Å². The van der Waals surface area contributed by atoms with E-state index in [1.54, 1.807) is 11.0 Å². The molecule has 0 saturated heterocycles. The number of ether oxygens (including phenoxy) is 1. The van der Waals surface area contributed by atoms with Crippen LogP contribution < -0.4 is 5.73 Å².